The second-order valence-electron chi connectivity index (χ2n) is 7.95. The van der Waals surface area contributed by atoms with E-state index in [1.165, 1.54) is 4.90 Å². The molecule has 8 heteroatoms. The molecule has 1 aliphatic carbocycles. The maximum atomic E-state index is 13.0. The van der Waals surface area contributed by atoms with Crippen molar-refractivity contribution in [3.8, 4) is 0 Å². The summed E-state index contributed by atoms with van der Waals surface area (Å²) < 4.78 is 5.42. The second-order valence-corrected chi connectivity index (χ2v) is 7.95. The van der Waals surface area contributed by atoms with Crippen molar-refractivity contribution >= 4 is 23.8 Å². The van der Waals surface area contributed by atoms with Gasteiger partial charge in [0, 0.05) is 19.7 Å². The van der Waals surface area contributed by atoms with Crippen LogP contribution < -0.4 is 5.32 Å². The van der Waals surface area contributed by atoms with Gasteiger partial charge in [0.2, 0.25) is 6.10 Å². The Kier molecular flexibility index (Phi) is 5.91. The van der Waals surface area contributed by atoms with E-state index in [0.717, 1.165) is 24.2 Å². The lowest BCUT2D eigenvalue weighted by atomic mass is 9.73. The molecule has 29 heavy (non-hydrogen) atoms. The van der Waals surface area contributed by atoms with Gasteiger partial charge in [-0.15, -0.1) is 0 Å². The standard InChI is InChI=1S/C21H27N3O5/c1-14-9-7-8-12-21(14)19(27)24(20(28)22-21)13-16(25)29-17(18(26)23(2)3)15-10-5-4-6-11-15/h4-6,10-11,14,17H,7-9,12-13H2,1-3H3,(H,22,28)/t14-,17-,21-/m0/s1. The van der Waals surface area contributed by atoms with E-state index in [4.69, 9.17) is 4.74 Å². The van der Waals surface area contributed by atoms with E-state index in [2.05, 4.69) is 5.32 Å². The lowest BCUT2D eigenvalue weighted by molar-refractivity contribution is -0.161. The van der Waals surface area contributed by atoms with Gasteiger partial charge in [-0.3, -0.25) is 19.3 Å². The predicted molar refractivity (Wildman–Crippen MR) is 105 cm³/mol. The molecule has 1 saturated carbocycles. The molecule has 1 aliphatic heterocycles. The quantitative estimate of drug-likeness (QED) is 0.600. The van der Waals surface area contributed by atoms with Crippen LogP contribution >= 0.6 is 0 Å². The zero-order chi connectivity index (χ0) is 21.2. The fraction of sp³-hybridized carbons (Fsp3) is 0.524. The van der Waals surface area contributed by atoms with Crippen molar-refractivity contribution < 1.29 is 23.9 Å². The van der Waals surface area contributed by atoms with Gasteiger partial charge in [0.25, 0.3) is 11.8 Å². The molecule has 0 bridgehead atoms. The molecular weight excluding hydrogens is 374 g/mol. The minimum absolute atomic E-state index is 0.00102. The average molecular weight is 401 g/mol. The molecule has 3 atom stereocenters. The number of likely N-dealkylation sites (N-methyl/N-ethyl adjacent to an activating group) is 1. The highest BCUT2D eigenvalue weighted by Crippen LogP contribution is 2.38. The SMILES string of the molecule is C[C@H]1CCCC[C@]12NC(=O)N(CC(=O)O[C@H](C(=O)N(C)C)c1ccccc1)C2=O. The molecule has 0 radical (unpaired) electrons. The molecule has 1 aromatic carbocycles. The highest BCUT2D eigenvalue weighted by molar-refractivity contribution is 6.09. The fourth-order valence-corrected chi connectivity index (χ4v) is 4.06. The van der Waals surface area contributed by atoms with Gasteiger partial charge < -0.3 is 15.0 Å². The summed E-state index contributed by atoms with van der Waals surface area (Å²) in [7, 11) is 3.13. The topological polar surface area (TPSA) is 96.0 Å². The van der Waals surface area contributed by atoms with Gasteiger partial charge >= 0.3 is 12.0 Å². The largest absolute Gasteiger partial charge is 0.446 e. The number of hydrogen-bond donors (Lipinski definition) is 1. The van der Waals surface area contributed by atoms with Gasteiger partial charge in [-0.25, -0.2) is 4.79 Å². The Morgan fingerprint density at radius 2 is 1.93 bits per heavy atom. The summed E-state index contributed by atoms with van der Waals surface area (Å²) in [5, 5.41) is 2.80. The van der Waals surface area contributed by atoms with Crippen molar-refractivity contribution in [2.75, 3.05) is 20.6 Å². The molecule has 2 fully saturated rings. The number of imide groups is 1. The molecule has 156 valence electrons. The summed E-state index contributed by atoms with van der Waals surface area (Å²) in [6.07, 6.45) is 2.14. The lowest BCUT2D eigenvalue weighted by Crippen LogP contribution is -2.54. The number of hydrogen-bond acceptors (Lipinski definition) is 5. The summed E-state index contributed by atoms with van der Waals surface area (Å²) in [5.41, 5.74) is -0.414. The number of carbonyl (C=O) groups excluding carboxylic acids is 4. The molecular formula is C21H27N3O5. The molecule has 4 amide bonds. The van der Waals surface area contributed by atoms with Gasteiger partial charge in [-0.2, -0.15) is 0 Å². The maximum Gasteiger partial charge on any atom is 0.327 e. The summed E-state index contributed by atoms with van der Waals surface area (Å²) >= 11 is 0. The number of urea groups is 1. The maximum absolute atomic E-state index is 13.0. The van der Waals surface area contributed by atoms with Crippen LogP contribution in [-0.2, 0) is 19.1 Å². The molecule has 8 nitrogen and oxygen atoms in total. The van der Waals surface area contributed by atoms with E-state index in [9.17, 15) is 19.2 Å². The first-order valence-electron chi connectivity index (χ1n) is 9.86. The molecule has 1 N–H and O–H groups in total. The molecule has 1 aromatic rings. The second kappa shape index (κ2) is 8.23. The third-order valence-corrected chi connectivity index (χ3v) is 5.81. The fourth-order valence-electron chi connectivity index (χ4n) is 4.06. The van der Waals surface area contributed by atoms with Crippen LogP contribution in [-0.4, -0.2) is 59.8 Å². The van der Waals surface area contributed by atoms with Gasteiger partial charge in [0.15, 0.2) is 0 Å². The summed E-state index contributed by atoms with van der Waals surface area (Å²) in [6.45, 7) is 1.42. The van der Waals surface area contributed by atoms with Crippen LogP contribution in [0.25, 0.3) is 0 Å². The average Bonchev–Trinajstić information content (AvgIpc) is 2.93. The van der Waals surface area contributed by atoms with Crippen LogP contribution in [0.2, 0.25) is 0 Å². The van der Waals surface area contributed by atoms with Crippen molar-refractivity contribution in [3.05, 3.63) is 35.9 Å². The first kappa shape index (κ1) is 20.8. The molecule has 2 aliphatic rings. The van der Waals surface area contributed by atoms with E-state index >= 15 is 0 Å². The molecule has 3 rings (SSSR count). The number of nitrogens with zero attached hydrogens (tertiary/aromatic N) is 2. The zero-order valence-electron chi connectivity index (χ0n) is 17.0. The molecule has 0 unspecified atom stereocenters. The number of amides is 4. The Labute approximate surface area is 170 Å². The van der Waals surface area contributed by atoms with Gasteiger partial charge in [0.05, 0.1) is 0 Å². The Balaban J connectivity index is 1.74. The van der Waals surface area contributed by atoms with E-state index in [-0.39, 0.29) is 11.8 Å². The van der Waals surface area contributed by atoms with Crippen LogP contribution in [0, 0.1) is 5.92 Å². The summed E-state index contributed by atoms with van der Waals surface area (Å²) in [4.78, 5) is 52.8. The number of ether oxygens (including phenoxy) is 1. The van der Waals surface area contributed by atoms with E-state index in [1.54, 1.807) is 44.4 Å². The summed E-state index contributed by atoms with van der Waals surface area (Å²) in [5.74, 6) is -1.60. The highest BCUT2D eigenvalue weighted by atomic mass is 16.5. The van der Waals surface area contributed by atoms with Crippen LogP contribution in [0.15, 0.2) is 30.3 Å². The van der Waals surface area contributed by atoms with E-state index in [1.807, 2.05) is 6.92 Å². The lowest BCUT2D eigenvalue weighted by Gasteiger charge is -2.36. The molecule has 1 heterocycles. The van der Waals surface area contributed by atoms with Crippen LogP contribution in [0.4, 0.5) is 4.79 Å². The number of carbonyl (C=O) groups is 4. The minimum atomic E-state index is -1.14. The molecule has 1 saturated heterocycles. The smallest absolute Gasteiger partial charge is 0.327 e. The number of rotatable bonds is 5. The normalized spacial score (nSPS) is 24.9. The van der Waals surface area contributed by atoms with Crippen molar-refractivity contribution in [1.29, 1.82) is 0 Å². The zero-order valence-corrected chi connectivity index (χ0v) is 17.0. The Morgan fingerprint density at radius 3 is 2.55 bits per heavy atom. The van der Waals surface area contributed by atoms with Crippen LogP contribution in [0.5, 0.6) is 0 Å². The Hall–Kier alpha value is -2.90. The molecule has 1 spiro atoms. The summed E-state index contributed by atoms with van der Waals surface area (Å²) in [6, 6.07) is 8.06. The van der Waals surface area contributed by atoms with Crippen molar-refractivity contribution in [3.63, 3.8) is 0 Å². The number of benzene rings is 1. The van der Waals surface area contributed by atoms with Crippen molar-refractivity contribution in [2.45, 2.75) is 44.2 Å². The Morgan fingerprint density at radius 1 is 1.24 bits per heavy atom. The minimum Gasteiger partial charge on any atom is -0.446 e. The monoisotopic (exact) mass is 401 g/mol. The van der Waals surface area contributed by atoms with E-state index < -0.39 is 36.1 Å². The van der Waals surface area contributed by atoms with Crippen molar-refractivity contribution in [2.24, 2.45) is 5.92 Å². The van der Waals surface area contributed by atoms with E-state index in [0.29, 0.717) is 12.0 Å². The van der Waals surface area contributed by atoms with Crippen LogP contribution in [0.1, 0.15) is 44.3 Å². The molecule has 0 aromatic heterocycles. The van der Waals surface area contributed by atoms with Crippen LogP contribution in [0.3, 0.4) is 0 Å². The third kappa shape index (κ3) is 3.97. The van der Waals surface area contributed by atoms with Gasteiger partial charge in [0.1, 0.15) is 12.1 Å². The first-order chi connectivity index (χ1) is 13.8. The highest BCUT2D eigenvalue weighted by Gasteiger charge is 2.55. The third-order valence-electron chi connectivity index (χ3n) is 5.81. The Bertz CT molecular complexity index is 810. The van der Waals surface area contributed by atoms with Gasteiger partial charge in [-0.05, 0) is 18.8 Å². The van der Waals surface area contributed by atoms with Gasteiger partial charge in [-0.1, -0.05) is 50.1 Å². The number of esters is 1. The number of nitrogens with one attached hydrogen (secondary N) is 1. The first-order valence-corrected chi connectivity index (χ1v) is 9.86. The predicted octanol–water partition coefficient (Wildman–Crippen LogP) is 1.86. The van der Waals surface area contributed by atoms with Crippen molar-refractivity contribution in [1.82, 2.24) is 15.1 Å².